The highest BCUT2D eigenvalue weighted by Crippen LogP contribution is 2.38. The summed E-state index contributed by atoms with van der Waals surface area (Å²) in [4.78, 5) is 108. The van der Waals surface area contributed by atoms with Gasteiger partial charge in [0, 0.05) is 120 Å². The molecule has 23 heteroatoms. The van der Waals surface area contributed by atoms with Crippen LogP contribution >= 0.6 is 0 Å². The Morgan fingerprint density at radius 1 is 0.782 bits per heavy atom. The number of carbonyl (C=O) groups excluding carboxylic acids is 6. The second-order valence-electron chi connectivity index (χ2n) is 24.7. The van der Waals surface area contributed by atoms with Gasteiger partial charge in [-0.3, -0.25) is 19.2 Å². The lowest BCUT2D eigenvalue weighted by molar-refractivity contribution is -0.265. The van der Waals surface area contributed by atoms with Gasteiger partial charge in [0.05, 0.1) is 18.3 Å². The van der Waals surface area contributed by atoms with Crippen molar-refractivity contribution in [3.63, 3.8) is 0 Å². The van der Waals surface area contributed by atoms with Crippen LogP contribution < -0.4 is 20.9 Å². The van der Waals surface area contributed by atoms with E-state index in [1.807, 2.05) is 51.2 Å². The lowest BCUT2D eigenvalue weighted by Crippen LogP contribution is -2.61. The number of nitrogens with two attached hydrogens (primary N) is 1. The van der Waals surface area contributed by atoms with Gasteiger partial charge in [-0.05, 0) is 114 Å². The number of hydrogen-bond donors (Lipinski definition) is 5. The van der Waals surface area contributed by atoms with E-state index in [9.17, 15) is 44.1 Å². The highest BCUT2D eigenvalue weighted by atomic mass is 16.6. The van der Waals surface area contributed by atoms with E-state index >= 15 is 0 Å². The first-order chi connectivity index (χ1) is 41.5. The van der Waals surface area contributed by atoms with E-state index in [4.69, 9.17) is 29.4 Å². The number of allylic oxidation sites excluding steroid dienone is 6. The average Bonchev–Trinajstić information content (AvgIpc) is 1.05. The molecule has 0 radical (unpaired) electrons. The molecule has 87 heavy (non-hydrogen) atoms. The number of nitrogens with zero attached hydrogens (tertiary/aromatic N) is 7. The van der Waals surface area contributed by atoms with Gasteiger partial charge in [0.15, 0.2) is 5.78 Å². The number of ether oxygens (including phenoxy) is 5. The summed E-state index contributed by atoms with van der Waals surface area (Å²) < 4.78 is 30.0. The monoisotopic (exact) mass is 1210 g/mol. The van der Waals surface area contributed by atoms with Gasteiger partial charge in [0.25, 0.3) is 11.7 Å². The number of esters is 1. The number of cyclic esters (lactones) is 1. The number of Topliss-reactive ketones (excluding diaryl/α,β-unsaturated/α-hetero) is 3. The van der Waals surface area contributed by atoms with Crippen LogP contribution in [0.25, 0.3) is 0 Å². The number of rotatable bonds is 10. The van der Waals surface area contributed by atoms with Crippen molar-refractivity contribution in [2.45, 2.75) is 193 Å². The van der Waals surface area contributed by atoms with E-state index in [0.29, 0.717) is 95.0 Å². The number of piperazine rings is 1. The maximum Gasteiger partial charge on any atom is 0.407 e. The number of carbonyl (C=O) groups is 6. The first-order valence-electron chi connectivity index (χ1n) is 30.9. The molecule has 23 nitrogen and oxygen atoms in total. The van der Waals surface area contributed by atoms with E-state index in [1.165, 1.54) is 20.1 Å². The normalized spacial score (nSPS) is 34.1. The van der Waals surface area contributed by atoms with Crippen LogP contribution in [-0.4, -0.2) is 183 Å². The van der Waals surface area contributed by atoms with Crippen molar-refractivity contribution in [2.75, 3.05) is 56.7 Å². The molecular formula is C64H93N9O14. The van der Waals surface area contributed by atoms with Crippen molar-refractivity contribution in [2.24, 2.45) is 35.3 Å². The van der Waals surface area contributed by atoms with Gasteiger partial charge in [0.2, 0.25) is 17.7 Å². The zero-order valence-corrected chi connectivity index (χ0v) is 52.1. The highest BCUT2D eigenvalue weighted by Gasteiger charge is 2.53. The van der Waals surface area contributed by atoms with Crippen LogP contribution in [-0.2, 0) is 54.2 Å². The first-order valence-corrected chi connectivity index (χ1v) is 30.9. The minimum absolute atomic E-state index is 0.0100. The summed E-state index contributed by atoms with van der Waals surface area (Å²) in [5.41, 5.74) is 9.71. The van der Waals surface area contributed by atoms with Crippen LogP contribution in [0.3, 0.4) is 0 Å². The topological polar surface area (TPSA) is 309 Å². The van der Waals surface area contributed by atoms with Crippen LogP contribution in [0.5, 0.6) is 0 Å². The molecule has 15 atom stereocenters. The molecule has 6 heterocycles. The van der Waals surface area contributed by atoms with Crippen molar-refractivity contribution in [3.8, 4) is 0 Å². The zero-order chi connectivity index (χ0) is 63.1. The number of nitrogens with one attached hydrogen (secondary N) is 1. The van der Waals surface area contributed by atoms with Crippen LogP contribution in [0.4, 0.5) is 16.7 Å². The smallest absolute Gasteiger partial charge is 0.407 e. The zero-order valence-electron chi connectivity index (χ0n) is 52.1. The Morgan fingerprint density at radius 3 is 2.10 bits per heavy atom. The number of aryl methyl sites for hydroxylation is 1. The second kappa shape index (κ2) is 31.7. The van der Waals surface area contributed by atoms with Crippen molar-refractivity contribution in [1.29, 1.82) is 0 Å². The fraction of sp³-hybridized carbons (Fsp3) is 0.656. The number of anilines is 2. The van der Waals surface area contributed by atoms with E-state index < -0.39 is 120 Å². The fourth-order valence-electron chi connectivity index (χ4n) is 12.4. The van der Waals surface area contributed by atoms with E-state index in [2.05, 4.69) is 35.1 Å². The number of methoxy groups -OCH3 is 2. The molecule has 2 aromatic heterocycles. The summed E-state index contributed by atoms with van der Waals surface area (Å²) in [5.74, 6) is -7.90. The number of aromatic nitrogens is 4. The molecule has 0 aromatic carbocycles. The van der Waals surface area contributed by atoms with Gasteiger partial charge < -0.3 is 64.8 Å². The minimum atomic E-state index is -2.50. The predicted molar refractivity (Wildman–Crippen MR) is 323 cm³/mol. The Labute approximate surface area is 511 Å². The van der Waals surface area contributed by atoms with Crippen molar-refractivity contribution in [3.05, 3.63) is 83.5 Å². The predicted octanol–water partition coefficient (Wildman–Crippen LogP) is 5.37. The third-order valence-electron chi connectivity index (χ3n) is 18.0. The standard InChI is InChI=1S/C64H93N9O14/c1-38-15-11-10-12-16-40(3)52(83-8)31-47-20-18-44(7)64(82,87-47)58(78)59(79)73-22-14-13-17-49(73)60(80)85-53(32-50(74)41(4)28-43(6)56(76)57(77)55(75)42(5)27-38)48(65)29-45-19-21-51(54(30-45)84-9)86-63(81)70-37-46-35-68-62(69-36-46)72-25-23-71(24-26-72)61-66-33-39(2)34-67-61/h10-12,15-16,28,33-36,38,41-42,44-45,47-49,51-54,56-57,76-77,82H,13-14,17-27,29-32,37,65H2,1-9H3,(H,70,81)/b12-10+,15-11+,40-16+,43-28+/t38-,41-,42-,44-,45+,47+,48-,49+,51-,52+,53+,54-,56-,57+,64-/m1/s1. The Morgan fingerprint density at radius 2 is 1.45 bits per heavy atom. The maximum absolute atomic E-state index is 14.6. The Bertz CT molecular complexity index is 2790. The molecule has 2 bridgehead atoms. The minimum Gasteiger partial charge on any atom is -0.459 e. The summed E-state index contributed by atoms with van der Waals surface area (Å²) in [6.45, 7) is 15.2. The summed E-state index contributed by atoms with van der Waals surface area (Å²) in [7, 11) is 3.08. The van der Waals surface area contributed by atoms with Crippen LogP contribution in [0, 0.1) is 36.5 Å². The SMILES string of the molecule is CO[C@H]1C[C@@H]2CC[C@@H](C)[C@@](O)(O2)C(=O)C(=O)N2CCCC[C@H]2C(=O)O[C@H]([C@H](N)C[C@@H]2CC[C@@H](OC(=O)NCc3cnc(N4CCN(c5ncc(C)cn5)CC4)nc3)[C@H](OC)C2)CC(=O)[C@H](C)/C=C(\C)[C@@H](O)[C@@H](O)C(=O)[C@H](C)C[C@H](C)/C=C/C=C/C=C/1C. The quantitative estimate of drug-likeness (QED) is 0.113. The molecule has 2 amide bonds. The summed E-state index contributed by atoms with van der Waals surface area (Å²) in [6.07, 6.45) is 14.0. The molecule has 478 valence electrons. The van der Waals surface area contributed by atoms with Gasteiger partial charge in [-0.2, -0.15) is 0 Å². The molecule has 7 rings (SSSR count). The number of hydrogen-bond acceptors (Lipinski definition) is 21. The molecular weight excluding hydrogens is 1120 g/mol. The van der Waals surface area contributed by atoms with Crippen LogP contribution in [0.1, 0.15) is 130 Å². The molecule has 3 saturated heterocycles. The molecule has 0 unspecified atom stereocenters. The molecule has 5 aliphatic rings. The Kier molecular flexibility index (Phi) is 24.8. The Hall–Kier alpha value is -6.34. The Balaban J connectivity index is 1.03. The van der Waals surface area contributed by atoms with E-state index in [-0.39, 0.29) is 49.8 Å². The van der Waals surface area contributed by atoms with Crippen LogP contribution in [0.2, 0.25) is 0 Å². The summed E-state index contributed by atoms with van der Waals surface area (Å²) in [5, 5.41) is 37.3. The van der Waals surface area contributed by atoms with Crippen molar-refractivity contribution < 1.29 is 67.8 Å². The first kappa shape index (κ1) is 68.2. The van der Waals surface area contributed by atoms with Crippen molar-refractivity contribution in [1.82, 2.24) is 30.2 Å². The molecule has 1 saturated carbocycles. The maximum atomic E-state index is 14.6. The number of aliphatic hydroxyl groups excluding tert-OH is 2. The number of alkyl carbamates (subject to hydrolysis) is 1. The van der Waals surface area contributed by atoms with Gasteiger partial charge >= 0.3 is 12.1 Å². The summed E-state index contributed by atoms with van der Waals surface area (Å²) in [6, 6.07) is -2.22. The van der Waals surface area contributed by atoms with Crippen LogP contribution in [0.15, 0.2) is 72.4 Å². The molecule has 2 aromatic rings. The molecule has 4 fully saturated rings. The highest BCUT2D eigenvalue weighted by molar-refractivity contribution is 6.39. The van der Waals surface area contributed by atoms with Gasteiger partial charge in [-0.1, -0.05) is 64.2 Å². The lowest BCUT2D eigenvalue weighted by Gasteiger charge is -2.42. The molecule has 6 N–H and O–H groups in total. The number of fused-ring (bicyclic) bond motifs is 3. The van der Waals surface area contributed by atoms with Gasteiger partial charge in [-0.15, -0.1) is 0 Å². The van der Waals surface area contributed by atoms with Gasteiger partial charge in [0.1, 0.15) is 36.2 Å². The largest absolute Gasteiger partial charge is 0.459 e. The number of piperidine rings is 1. The van der Waals surface area contributed by atoms with Gasteiger partial charge in [-0.25, -0.2) is 29.5 Å². The number of amides is 2. The average molecular weight is 1210 g/mol. The van der Waals surface area contributed by atoms with Crippen molar-refractivity contribution >= 4 is 47.2 Å². The number of aliphatic hydroxyl groups is 3. The third kappa shape index (κ3) is 18.2. The molecule has 1 aliphatic carbocycles. The molecule has 0 spiro atoms. The number of ketones is 3. The fourth-order valence-corrected chi connectivity index (χ4v) is 12.4. The second-order valence-corrected chi connectivity index (χ2v) is 24.7. The molecule has 4 aliphatic heterocycles. The lowest BCUT2D eigenvalue weighted by atomic mass is 9.80. The summed E-state index contributed by atoms with van der Waals surface area (Å²) >= 11 is 0. The third-order valence-corrected chi connectivity index (χ3v) is 18.0. The van der Waals surface area contributed by atoms with E-state index in [1.54, 1.807) is 52.7 Å². The van der Waals surface area contributed by atoms with E-state index in [0.717, 1.165) is 16.0 Å².